The second kappa shape index (κ2) is 8.84. The molecule has 2 aromatic heterocycles. The van der Waals surface area contributed by atoms with Crippen LogP contribution < -0.4 is 15.1 Å². The summed E-state index contributed by atoms with van der Waals surface area (Å²) in [5.74, 6) is 0.574. The van der Waals surface area contributed by atoms with Crippen molar-refractivity contribution in [3.8, 4) is 22.6 Å². The summed E-state index contributed by atoms with van der Waals surface area (Å²) in [6, 6.07) is 16.6. The third kappa shape index (κ3) is 3.79. The van der Waals surface area contributed by atoms with Crippen molar-refractivity contribution in [3.05, 3.63) is 86.9 Å². The molecule has 1 aliphatic rings. The predicted octanol–water partition coefficient (Wildman–Crippen LogP) is 3.92. The van der Waals surface area contributed by atoms with Crippen LogP contribution in [-0.4, -0.2) is 27.2 Å². The molecule has 0 spiro atoms. The van der Waals surface area contributed by atoms with Crippen LogP contribution in [0.4, 0.5) is 11.4 Å². The molecular formula is C24H20N5O5S+. The van der Waals surface area contributed by atoms with Gasteiger partial charge in [0.25, 0.3) is 5.69 Å². The van der Waals surface area contributed by atoms with E-state index in [0.29, 0.717) is 39.2 Å². The molecule has 1 N–H and O–H groups in total. The van der Waals surface area contributed by atoms with Crippen LogP contribution in [0.1, 0.15) is 25.3 Å². The molecule has 176 valence electrons. The van der Waals surface area contributed by atoms with Gasteiger partial charge in [-0.1, -0.05) is 43.0 Å². The fraction of sp³-hybridized carbons (Fsp3) is 0.167. The predicted molar refractivity (Wildman–Crippen MR) is 129 cm³/mol. The number of hydrogen-bond donors (Lipinski definition) is 1. The molecule has 0 saturated carbocycles. The van der Waals surface area contributed by atoms with E-state index in [9.17, 15) is 19.7 Å². The standard InChI is InChI=1S/C24H19N5O5S/c1-3-20(30)27-17-10-5-4-9-16(17)21-22(31)25-24(35-2)26-28(21)23(27)19-12-11-18(34-19)14-7-6-8-15(13-14)29(32)33/h4-13,23H,3H2,1-2H3/p+1. The van der Waals surface area contributed by atoms with Gasteiger partial charge in [-0.3, -0.25) is 24.7 Å². The summed E-state index contributed by atoms with van der Waals surface area (Å²) in [6.07, 6.45) is 1.14. The minimum absolute atomic E-state index is 0.0626. The molecule has 2 aromatic carbocycles. The Labute approximate surface area is 203 Å². The number of nitro benzene ring substituents is 1. The summed E-state index contributed by atoms with van der Waals surface area (Å²) in [5, 5.41) is 16.2. The minimum Gasteiger partial charge on any atom is -0.452 e. The quantitative estimate of drug-likeness (QED) is 0.194. The number of para-hydroxylation sites is 1. The molecule has 0 bridgehead atoms. The Morgan fingerprint density at radius 3 is 2.77 bits per heavy atom. The molecule has 0 saturated heterocycles. The lowest BCUT2D eigenvalue weighted by Crippen LogP contribution is -2.60. The Balaban J connectivity index is 1.73. The number of benzene rings is 2. The fourth-order valence-corrected chi connectivity index (χ4v) is 4.55. The summed E-state index contributed by atoms with van der Waals surface area (Å²) in [4.78, 5) is 41.5. The normalized spacial score (nSPS) is 14.3. The van der Waals surface area contributed by atoms with Crippen LogP contribution in [0, 0.1) is 10.1 Å². The van der Waals surface area contributed by atoms with Crippen LogP contribution in [0.2, 0.25) is 0 Å². The van der Waals surface area contributed by atoms with Crippen molar-refractivity contribution in [1.82, 2.24) is 10.1 Å². The highest BCUT2D eigenvalue weighted by Gasteiger charge is 2.47. The maximum atomic E-state index is 13.2. The number of rotatable bonds is 5. The van der Waals surface area contributed by atoms with Crippen molar-refractivity contribution < 1.29 is 18.8 Å². The smallest absolute Gasteiger partial charge is 0.325 e. The molecule has 3 heterocycles. The highest BCUT2D eigenvalue weighted by molar-refractivity contribution is 7.98. The number of nitrogens with one attached hydrogen (secondary N) is 1. The number of amides is 1. The molecule has 11 heteroatoms. The molecule has 5 rings (SSSR count). The zero-order valence-electron chi connectivity index (χ0n) is 18.8. The van der Waals surface area contributed by atoms with Crippen molar-refractivity contribution in [2.45, 2.75) is 24.7 Å². The monoisotopic (exact) mass is 490 g/mol. The van der Waals surface area contributed by atoms with Gasteiger partial charge in [0.05, 0.1) is 16.2 Å². The molecule has 0 aliphatic carbocycles. The number of nitro groups is 1. The zero-order valence-corrected chi connectivity index (χ0v) is 19.6. The summed E-state index contributed by atoms with van der Waals surface area (Å²) < 4.78 is 7.67. The van der Waals surface area contributed by atoms with Gasteiger partial charge in [-0.05, 0) is 35.2 Å². The van der Waals surface area contributed by atoms with E-state index in [4.69, 9.17) is 4.42 Å². The number of furan rings is 1. The van der Waals surface area contributed by atoms with Crippen LogP contribution >= 0.6 is 11.8 Å². The highest BCUT2D eigenvalue weighted by Crippen LogP contribution is 2.39. The largest absolute Gasteiger partial charge is 0.452 e. The van der Waals surface area contributed by atoms with E-state index in [1.165, 1.54) is 28.6 Å². The molecule has 0 radical (unpaired) electrons. The fourth-order valence-electron chi connectivity index (χ4n) is 4.18. The van der Waals surface area contributed by atoms with Crippen molar-refractivity contribution in [2.75, 3.05) is 11.2 Å². The molecule has 35 heavy (non-hydrogen) atoms. The molecule has 10 nitrogen and oxygen atoms in total. The van der Waals surface area contributed by atoms with Crippen LogP contribution in [-0.2, 0) is 4.79 Å². The van der Waals surface area contributed by atoms with Gasteiger partial charge >= 0.3 is 17.4 Å². The molecule has 4 aromatic rings. The lowest BCUT2D eigenvalue weighted by molar-refractivity contribution is -0.764. The second-order valence-electron chi connectivity index (χ2n) is 7.77. The van der Waals surface area contributed by atoms with Crippen molar-refractivity contribution >= 4 is 29.0 Å². The number of hydrogen-bond acceptors (Lipinski definition) is 7. The molecule has 1 unspecified atom stereocenters. The highest BCUT2D eigenvalue weighted by atomic mass is 32.2. The van der Waals surface area contributed by atoms with Crippen LogP contribution in [0.5, 0.6) is 0 Å². The minimum atomic E-state index is -0.868. The van der Waals surface area contributed by atoms with Gasteiger partial charge in [0.2, 0.25) is 11.1 Å². The first-order valence-corrected chi connectivity index (χ1v) is 12.0. The third-order valence-electron chi connectivity index (χ3n) is 5.75. The van der Waals surface area contributed by atoms with E-state index >= 15 is 0 Å². The number of aromatic amines is 1. The molecule has 1 amide bonds. The average molecular weight is 491 g/mol. The third-order valence-corrected chi connectivity index (χ3v) is 6.32. The van der Waals surface area contributed by atoms with Crippen LogP contribution in [0.3, 0.4) is 0 Å². The zero-order chi connectivity index (χ0) is 24.7. The number of non-ortho nitro benzene ring substituents is 1. The average Bonchev–Trinajstić information content (AvgIpc) is 3.37. The number of aromatic nitrogens is 3. The Kier molecular flexibility index (Phi) is 5.69. The van der Waals surface area contributed by atoms with Crippen molar-refractivity contribution in [3.63, 3.8) is 0 Å². The van der Waals surface area contributed by atoms with E-state index in [-0.39, 0.29) is 23.6 Å². The summed E-state index contributed by atoms with van der Waals surface area (Å²) in [7, 11) is 0. The lowest BCUT2D eigenvalue weighted by atomic mass is 10.0. The maximum absolute atomic E-state index is 13.2. The summed E-state index contributed by atoms with van der Waals surface area (Å²) in [5.41, 5.74) is 1.57. The Bertz CT molecular complexity index is 1530. The van der Waals surface area contributed by atoms with Crippen molar-refractivity contribution in [2.24, 2.45) is 0 Å². The number of carbonyl (C=O) groups excluding carboxylic acids is 1. The van der Waals surface area contributed by atoms with E-state index in [1.807, 2.05) is 0 Å². The first kappa shape index (κ1) is 22.5. The SMILES string of the molecule is CCC(=O)N1c2ccccc2-c2c(=O)[nH]c(SC)n[n+]2C1c1ccc(-c2cccc([N+](=O)[O-])c2)o1. The van der Waals surface area contributed by atoms with E-state index in [1.54, 1.807) is 66.6 Å². The molecule has 1 aliphatic heterocycles. The maximum Gasteiger partial charge on any atom is 0.325 e. The Hall–Kier alpha value is -4.25. The Morgan fingerprint density at radius 1 is 1.23 bits per heavy atom. The van der Waals surface area contributed by atoms with Gasteiger partial charge in [-0.2, -0.15) is 0 Å². The second-order valence-corrected chi connectivity index (χ2v) is 8.57. The summed E-state index contributed by atoms with van der Waals surface area (Å²) >= 11 is 1.27. The molecular weight excluding hydrogens is 470 g/mol. The van der Waals surface area contributed by atoms with Gasteiger partial charge in [0, 0.05) is 29.2 Å². The van der Waals surface area contributed by atoms with Crippen molar-refractivity contribution in [1.29, 1.82) is 0 Å². The number of anilines is 1. The number of thioether (sulfide) groups is 1. The summed E-state index contributed by atoms with van der Waals surface area (Å²) in [6.45, 7) is 1.76. The van der Waals surface area contributed by atoms with E-state index in [2.05, 4.69) is 10.1 Å². The first-order chi connectivity index (χ1) is 16.9. The Morgan fingerprint density at radius 2 is 2.03 bits per heavy atom. The topological polar surface area (TPSA) is 126 Å². The molecule has 1 atom stereocenters. The van der Waals surface area contributed by atoms with Gasteiger partial charge in [0.1, 0.15) is 5.76 Å². The number of nitrogens with zero attached hydrogens (tertiary/aromatic N) is 4. The number of carbonyl (C=O) groups is 1. The van der Waals surface area contributed by atoms with Crippen LogP contribution in [0.25, 0.3) is 22.6 Å². The number of H-pyrrole nitrogens is 1. The molecule has 0 fully saturated rings. The van der Waals surface area contributed by atoms with E-state index in [0.717, 1.165) is 0 Å². The van der Waals surface area contributed by atoms with Gasteiger partial charge < -0.3 is 4.42 Å². The van der Waals surface area contributed by atoms with Crippen LogP contribution in [0.15, 0.2) is 75.0 Å². The van der Waals surface area contributed by atoms with Gasteiger partial charge in [-0.15, -0.1) is 0 Å². The number of fused-ring (bicyclic) bond motifs is 3. The van der Waals surface area contributed by atoms with Gasteiger partial charge in [-0.25, -0.2) is 4.90 Å². The first-order valence-electron chi connectivity index (χ1n) is 10.8. The van der Waals surface area contributed by atoms with Gasteiger partial charge in [0.15, 0.2) is 5.76 Å². The van der Waals surface area contributed by atoms with E-state index < -0.39 is 11.1 Å². The lowest BCUT2D eigenvalue weighted by Gasteiger charge is -2.30.